The number of anilines is 2. The summed E-state index contributed by atoms with van der Waals surface area (Å²) in [5.41, 5.74) is 11.1. The van der Waals surface area contributed by atoms with Crippen LogP contribution in [0.3, 0.4) is 0 Å². The van der Waals surface area contributed by atoms with Gasteiger partial charge in [0, 0.05) is 25.5 Å². The number of nitrogen functional groups attached to an aromatic ring is 1. The second-order valence-electron chi connectivity index (χ2n) is 3.69. The summed E-state index contributed by atoms with van der Waals surface area (Å²) in [6.07, 6.45) is 4.51. The number of nitrogens with two attached hydrogens (primary N) is 2. The van der Waals surface area contributed by atoms with Crippen LogP contribution in [0.5, 0.6) is 0 Å². The number of rotatable bonds is 6. The van der Waals surface area contributed by atoms with Gasteiger partial charge in [0.05, 0.1) is 0 Å². The van der Waals surface area contributed by atoms with E-state index < -0.39 is 5.91 Å². The molecule has 0 fully saturated rings. The van der Waals surface area contributed by atoms with Crippen molar-refractivity contribution in [2.45, 2.75) is 13.0 Å². The molecule has 0 aliphatic heterocycles. The van der Waals surface area contributed by atoms with Crippen molar-refractivity contribution >= 4 is 28.3 Å². The van der Waals surface area contributed by atoms with E-state index in [4.69, 9.17) is 11.5 Å². The van der Waals surface area contributed by atoms with Crippen LogP contribution in [-0.4, -0.2) is 26.6 Å². The van der Waals surface area contributed by atoms with Crippen molar-refractivity contribution in [3.8, 4) is 0 Å². The Labute approximate surface area is 108 Å². The first-order valence-corrected chi connectivity index (χ1v) is 6.22. The Hall–Kier alpha value is -2.09. The number of nitrogens with one attached hydrogen (secondary N) is 1. The Balaban J connectivity index is 1.85. The molecule has 2 heterocycles. The molecule has 7 nitrogen and oxygen atoms in total. The van der Waals surface area contributed by atoms with E-state index in [1.807, 2.05) is 16.9 Å². The molecular weight excluding hydrogens is 252 g/mol. The summed E-state index contributed by atoms with van der Waals surface area (Å²) in [6.45, 7) is 1.50. The Kier molecular flexibility index (Phi) is 3.78. The predicted octanol–water partition coefficient (Wildman–Crippen LogP) is 0.523. The van der Waals surface area contributed by atoms with Crippen LogP contribution in [0.15, 0.2) is 18.5 Å². The number of nitrogens with zero attached hydrogens (tertiary/aromatic N) is 3. The fraction of sp³-hybridized carbons (Fsp3) is 0.300. The number of hydrogen-bond donors (Lipinski definition) is 3. The number of primary amides is 1. The van der Waals surface area contributed by atoms with Crippen molar-refractivity contribution in [3.05, 3.63) is 24.0 Å². The molecule has 0 saturated carbocycles. The highest BCUT2D eigenvalue weighted by Crippen LogP contribution is 2.25. The molecule has 8 heteroatoms. The summed E-state index contributed by atoms with van der Waals surface area (Å²) in [4.78, 5) is 11.2. The first kappa shape index (κ1) is 12.4. The summed E-state index contributed by atoms with van der Waals surface area (Å²) >= 11 is 1.14. The molecule has 2 rings (SSSR count). The van der Waals surface area contributed by atoms with Gasteiger partial charge in [-0.15, -0.1) is 0 Å². The molecule has 2 aromatic heterocycles. The molecule has 0 atom stereocenters. The summed E-state index contributed by atoms with van der Waals surface area (Å²) in [5, 5.41) is 7.83. The average molecular weight is 266 g/mol. The van der Waals surface area contributed by atoms with Gasteiger partial charge in [-0.25, -0.2) is 0 Å². The van der Waals surface area contributed by atoms with Gasteiger partial charge < -0.3 is 16.8 Å². The lowest BCUT2D eigenvalue weighted by atomic mass is 10.3. The highest BCUT2D eigenvalue weighted by molar-refractivity contribution is 7.11. The highest BCUT2D eigenvalue weighted by Gasteiger charge is 2.15. The van der Waals surface area contributed by atoms with Crippen LogP contribution >= 0.6 is 11.5 Å². The summed E-state index contributed by atoms with van der Waals surface area (Å²) < 4.78 is 5.75. The first-order chi connectivity index (χ1) is 8.68. The van der Waals surface area contributed by atoms with Gasteiger partial charge in [-0.2, -0.15) is 9.47 Å². The topological polar surface area (TPSA) is 112 Å². The molecule has 0 unspecified atom stereocenters. The van der Waals surface area contributed by atoms with Crippen LogP contribution in [0.2, 0.25) is 0 Å². The van der Waals surface area contributed by atoms with E-state index in [1.54, 1.807) is 6.20 Å². The maximum atomic E-state index is 11.2. The van der Waals surface area contributed by atoms with E-state index in [1.165, 1.54) is 0 Å². The Morgan fingerprint density at radius 1 is 1.56 bits per heavy atom. The van der Waals surface area contributed by atoms with Gasteiger partial charge in [0.2, 0.25) is 0 Å². The smallest absolute Gasteiger partial charge is 0.255 e. The van der Waals surface area contributed by atoms with Crippen LogP contribution < -0.4 is 16.8 Å². The molecule has 18 heavy (non-hydrogen) atoms. The average Bonchev–Trinajstić information content (AvgIpc) is 2.94. The van der Waals surface area contributed by atoms with Gasteiger partial charge in [-0.05, 0) is 24.0 Å². The lowest BCUT2D eigenvalue weighted by Crippen LogP contribution is -2.15. The number of aryl methyl sites for hydroxylation is 1. The van der Waals surface area contributed by atoms with Gasteiger partial charge in [-0.1, -0.05) is 0 Å². The molecule has 0 spiro atoms. The monoisotopic (exact) mass is 266 g/mol. The molecule has 96 valence electrons. The fourth-order valence-corrected chi connectivity index (χ4v) is 2.28. The third-order valence-electron chi connectivity index (χ3n) is 2.37. The molecule has 0 radical (unpaired) electrons. The lowest BCUT2D eigenvalue weighted by Gasteiger charge is -2.05. The summed E-state index contributed by atoms with van der Waals surface area (Å²) in [6, 6.07) is 1.88. The number of carbonyl (C=O) groups excluding carboxylic acids is 1. The Bertz CT molecular complexity index is 520. The largest absolute Gasteiger partial charge is 0.382 e. The Morgan fingerprint density at radius 2 is 2.39 bits per heavy atom. The normalized spacial score (nSPS) is 10.4. The number of carbonyl (C=O) groups is 1. The minimum atomic E-state index is -0.559. The van der Waals surface area contributed by atoms with Gasteiger partial charge in [0.25, 0.3) is 5.91 Å². The zero-order chi connectivity index (χ0) is 13.0. The maximum Gasteiger partial charge on any atom is 0.255 e. The number of amides is 1. The molecule has 2 aromatic rings. The van der Waals surface area contributed by atoms with Gasteiger partial charge in [0.15, 0.2) is 5.82 Å². The standard InChI is InChI=1S/C10H14N6OS/c11-8-7(9(12)17)10(18-15-8)13-3-1-5-16-6-2-4-14-16/h2,4,6,13H,1,3,5H2,(H2,11,15)(H2,12,17). The van der Waals surface area contributed by atoms with E-state index in [9.17, 15) is 4.79 Å². The van der Waals surface area contributed by atoms with Crippen LogP contribution in [0.4, 0.5) is 10.8 Å². The second kappa shape index (κ2) is 5.50. The van der Waals surface area contributed by atoms with Crippen molar-refractivity contribution in [1.29, 1.82) is 0 Å². The minimum absolute atomic E-state index is 0.182. The van der Waals surface area contributed by atoms with Crippen LogP contribution in [0.25, 0.3) is 0 Å². The van der Waals surface area contributed by atoms with Crippen molar-refractivity contribution in [3.63, 3.8) is 0 Å². The molecule has 0 aliphatic rings. The Morgan fingerprint density at radius 3 is 3.06 bits per heavy atom. The highest BCUT2D eigenvalue weighted by atomic mass is 32.1. The van der Waals surface area contributed by atoms with Crippen molar-refractivity contribution in [2.24, 2.45) is 5.73 Å². The SMILES string of the molecule is NC(=O)c1c(N)nsc1NCCCn1cccn1. The zero-order valence-electron chi connectivity index (χ0n) is 9.67. The second-order valence-corrected chi connectivity index (χ2v) is 4.46. The van der Waals surface area contributed by atoms with E-state index in [0.717, 1.165) is 24.5 Å². The third-order valence-corrected chi connectivity index (χ3v) is 3.19. The maximum absolute atomic E-state index is 11.2. The quantitative estimate of drug-likeness (QED) is 0.660. The molecule has 0 aliphatic carbocycles. The predicted molar refractivity (Wildman–Crippen MR) is 70.4 cm³/mol. The van der Waals surface area contributed by atoms with Crippen molar-refractivity contribution < 1.29 is 4.79 Å². The number of hydrogen-bond acceptors (Lipinski definition) is 6. The molecular formula is C10H14N6OS. The van der Waals surface area contributed by atoms with Crippen molar-refractivity contribution in [2.75, 3.05) is 17.6 Å². The third kappa shape index (κ3) is 2.77. The van der Waals surface area contributed by atoms with Gasteiger partial charge in [-0.3, -0.25) is 9.48 Å². The number of aromatic nitrogens is 3. The minimum Gasteiger partial charge on any atom is -0.382 e. The molecule has 1 amide bonds. The van der Waals surface area contributed by atoms with Crippen LogP contribution in [0, 0.1) is 0 Å². The fourth-order valence-electron chi connectivity index (χ4n) is 1.54. The molecule has 0 aromatic carbocycles. The van der Waals surface area contributed by atoms with E-state index >= 15 is 0 Å². The van der Waals surface area contributed by atoms with Crippen molar-refractivity contribution in [1.82, 2.24) is 14.2 Å². The first-order valence-electron chi connectivity index (χ1n) is 5.44. The summed E-state index contributed by atoms with van der Waals surface area (Å²) in [5.74, 6) is -0.377. The van der Waals surface area contributed by atoms with Crippen LogP contribution in [-0.2, 0) is 6.54 Å². The zero-order valence-corrected chi connectivity index (χ0v) is 10.5. The lowest BCUT2D eigenvalue weighted by molar-refractivity contribution is 0.100. The van der Waals surface area contributed by atoms with E-state index in [2.05, 4.69) is 14.8 Å². The molecule has 5 N–H and O–H groups in total. The van der Waals surface area contributed by atoms with Crippen LogP contribution in [0.1, 0.15) is 16.8 Å². The van der Waals surface area contributed by atoms with Gasteiger partial charge in [0.1, 0.15) is 10.6 Å². The molecule has 0 saturated heterocycles. The summed E-state index contributed by atoms with van der Waals surface area (Å²) in [7, 11) is 0. The van der Waals surface area contributed by atoms with E-state index in [-0.39, 0.29) is 11.4 Å². The van der Waals surface area contributed by atoms with E-state index in [0.29, 0.717) is 11.5 Å². The molecule has 0 bridgehead atoms. The van der Waals surface area contributed by atoms with Gasteiger partial charge >= 0.3 is 0 Å².